The maximum Gasteiger partial charge on any atom is 0.407 e. The first-order valence-corrected chi connectivity index (χ1v) is 17.4. The van der Waals surface area contributed by atoms with Gasteiger partial charge < -0.3 is 19.7 Å². The first kappa shape index (κ1) is 34.2. The van der Waals surface area contributed by atoms with Crippen molar-refractivity contribution < 1.29 is 27.5 Å². The van der Waals surface area contributed by atoms with Gasteiger partial charge >= 0.3 is 6.09 Å². The number of anilines is 1. The van der Waals surface area contributed by atoms with E-state index in [0.29, 0.717) is 25.0 Å². The SMILES string of the molecule is Cc1cccc(C)c1-c1cc2nc(n1)NS(=O)(=O)c1cccc(c1)C(=O)N(C1CC(C)(NC(=O)OC(C)C)C1)[C@H](CC(C)(C)C)CO2. The molecule has 1 fully saturated rings. The summed E-state index contributed by atoms with van der Waals surface area (Å²) in [7, 11) is -4.18. The first-order valence-electron chi connectivity index (χ1n) is 16.0. The van der Waals surface area contributed by atoms with Crippen LogP contribution in [0.15, 0.2) is 53.4 Å². The minimum absolute atomic E-state index is 0.0880. The van der Waals surface area contributed by atoms with Crippen molar-refractivity contribution in [2.45, 2.75) is 103 Å². The largest absolute Gasteiger partial charge is 0.475 e. The molecule has 1 aromatic heterocycles. The molecule has 11 nitrogen and oxygen atoms in total. The summed E-state index contributed by atoms with van der Waals surface area (Å²) in [5.41, 5.74) is 2.76. The van der Waals surface area contributed by atoms with E-state index in [2.05, 4.69) is 40.8 Å². The van der Waals surface area contributed by atoms with Crippen LogP contribution in [0.2, 0.25) is 0 Å². The van der Waals surface area contributed by atoms with Crippen molar-refractivity contribution >= 4 is 28.0 Å². The summed E-state index contributed by atoms with van der Waals surface area (Å²) in [5, 5.41) is 2.96. The third-order valence-electron chi connectivity index (χ3n) is 8.47. The number of hydrogen-bond donors (Lipinski definition) is 2. The van der Waals surface area contributed by atoms with E-state index in [9.17, 15) is 18.0 Å². The lowest BCUT2D eigenvalue weighted by atomic mass is 9.72. The number of alkyl carbamates (subject to hydrolysis) is 1. The number of rotatable bonds is 5. The highest BCUT2D eigenvalue weighted by Gasteiger charge is 2.48. The van der Waals surface area contributed by atoms with Crippen LogP contribution in [0.3, 0.4) is 0 Å². The van der Waals surface area contributed by atoms with E-state index in [1.807, 2.05) is 43.9 Å². The Labute approximate surface area is 277 Å². The van der Waals surface area contributed by atoms with Crippen LogP contribution in [-0.4, -0.2) is 65.6 Å². The van der Waals surface area contributed by atoms with Crippen molar-refractivity contribution in [1.29, 1.82) is 0 Å². The second-order valence-electron chi connectivity index (χ2n) is 14.5. The lowest BCUT2D eigenvalue weighted by Crippen LogP contribution is -2.65. The fraction of sp³-hybridized carbons (Fsp3) is 0.486. The summed E-state index contributed by atoms with van der Waals surface area (Å²) in [6.45, 7) is 15.9. The van der Waals surface area contributed by atoms with Gasteiger partial charge in [0.05, 0.1) is 22.7 Å². The van der Waals surface area contributed by atoms with Crippen molar-refractivity contribution in [3.63, 3.8) is 0 Å². The van der Waals surface area contributed by atoms with E-state index in [1.54, 1.807) is 32.0 Å². The maximum atomic E-state index is 14.4. The molecule has 47 heavy (non-hydrogen) atoms. The number of sulfonamides is 1. The number of amides is 2. The minimum atomic E-state index is -4.18. The van der Waals surface area contributed by atoms with Crippen LogP contribution in [0.4, 0.5) is 10.7 Å². The van der Waals surface area contributed by atoms with Gasteiger partial charge in [-0.2, -0.15) is 4.98 Å². The molecule has 1 aliphatic heterocycles. The Kier molecular flexibility index (Phi) is 9.29. The fourth-order valence-electron chi connectivity index (χ4n) is 6.54. The highest BCUT2D eigenvalue weighted by molar-refractivity contribution is 7.92. The van der Waals surface area contributed by atoms with Crippen LogP contribution >= 0.6 is 0 Å². The molecule has 1 atom stereocenters. The van der Waals surface area contributed by atoms with Crippen molar-refractivity contribution in [3.05, 3.63) is 65.2 Å². The molecule has 1 aliphatic carbocycles. The summed E-state index contributed by atoms with van der Waals surface area (Å²) >= 11 is 0. The van der Waals surface area contributed by atoms with E-state index in [0.717, 1.165) is 16.7 Å². The summed E-state index contributed by atoms with van der Waals surface area (Å²) in [6.07, 6.45) is 0.795. The van der Waals surface area contributed by atoms with Crippen molar-refractivity contribution in [2.75, 3.05) is 11.3 Å². The van der Waals surface area contributed by atoms with Gasteiger partial charge in [-0.25, -0.2) is 22.9 Å². The molecule has 0 spiro atoms. The fourth-order valence-corrected chi connectivity index (χ4v) is 7.53. The molecule has 12 heteroatoms. The standard InChI is InChI=1S/C35H45N5O6S/c1-21(2)46-33(42)38-35(8)18-25(19-35)40-26(17-34(5,6)7)20-45-29-16-28(30-22(3)11-9-12-23(30)4)36-32(37-29)39-47(43,44)27-14-10-13-24(15-27)31(40)41/h9-16,21,25-26H,17-20H2,1-8H3,(H,38,42)(H,36,37,39)/t25?,26-,35?/m1/s1. The second-order valence-corrected chi connectivity index (χ2v) is 16.1. The highest BCUT2D eigenvalue weighted by atomic mass is 32.2. The van der Waals surface area contributed by atoms with Gasteiger partial charge in [0.2, 0.25) is 11.8 Å². The van der Waals surface area contributed by atoms with E-state index < -0.39 is 27.7 Å². The predicted molar refractivity (Wildman–Crippen MR) is 180 cm³/mol. The number of fused-ring (bicyclic) bond motifs is 4. The number of nitrogens with zero attached hydrogens (tertiary/aromatic N) is 3. The number of benzene rings is 2. The summed E-state index contributed by atoms with van der Waals surface area (Å²) in [5.74, 6) is -0.261. The van der Waals surface area contributed by atoms with Crippen LogP contribution in [-0.2, 0) is 14.8 Å². The molecular formula is C35H45N5O6S. The molecule has 252 valence electrons. The molecule has 0 radical (unpaired) electrons. The van der Waals surface area contributed by atoms with Crippen LogP contribution in [0, 0.1) is 19.3 Å². The number of aryl methyl sites for hydroxylation is 2. The molecule has 2 N–H and O–H groups in total. The van der Waals surface area contributed by atoms with Crippen molar-refractivity contribution in [3.8, 4) is 17.1 Å². The minimum Gasteiger partial charge on any atom is -0.475 e. The van der Waals surface area contributed by atoms with Crippen LogP contribution < -0.4 is 14.8 Å². The number of carbonyl (C=O) groups is 2. The van der Waals surface area contributed by atoms with Gasteiger partial charge in [0.1, 0.15) is 6.61 Å². The molecule has 2 heterocycles. The number of aromatic nitrogens is 2. The van der Waals surface area contributed by atoms with Gasteiger partial charge in [0, 0.05) is 28.8 Å². The second kappa shape index (κ2) is 12.8. The van der Waals surface area contributed by atoms with Gasteiger partial charge in [-0.15, -0.1) is 0 Å². The average molecular weight is 664 g/mol. The summed E-state index contributed by atoms with van der Waals surface area (Å²) in [4.78, 5) is 37.7. The lowest BCUT2D eigenvalue weighted by Gasteiger charge is -2.52. The lowest BCUT2D eigenvalue weighted by molar-refractivity contribution is -0.00329. The highest BCUT2D eigenvalue weighted by Crippen LogP contribution is 2.40. The van der Waals surface area contributed by atoms with E-state index in [4.69, 9.17) is 9.47 Å². The monoisotopic (exact) mass is 663 g/mol. The molecule has 2 amide bonds. The Bertz CT molecular complexity index is 1760. The van der Waals surface area contributed by atoms with E-state index in [1.165, 1.54) is 12.1 Å². The molecule has 1 saturated carbocycles. The topological polar surface area (TPSA) is 140 Å². The molecule has 3 aromatic rings. The normalized spacial score (nSPS) is 22.5. The predicted octanol–water partition coefficient (Wildman–Crippen LogP) is 6.26. The van der Waals surface area contributed by atoms with Crippen LogP contribution in [0.25, 0.3) is 11.3 Å². The quantitative estimate of drug-likeness (QED) is 0.326. The van der Waals surface area contributed by atoms with Gasteiger partial charge in [-0.1, -0.05) is 45.0 Å². The smallest absolute Gasteiger partial charge is 0.407 e. The van der Waals surface area contributed by atoms with Gasteiger partial charge in [0.25, 0.3) is 15.9 Å². The zero-order valence-corrected chi connectivity index (χ0v) is 29.2. The Hall–Kier alpha value is -4.19. The summed E-state index contributed by atoms with van der Waals surface area (Å²) < 4.78 is 41.5. The Morgan fingerprint density at radius 2 is 1.77 bits per heavy atom. The third-order valence-corrected chi connectivity index (χ3v) is 9.79. The number of hydrogen-bond acceptors (Lipinski definition) is 8. The molecule has 2 aromatic carbocycles. The van der Waals surface area contributed by atoms with Crippen LogP contribution in [0.1, 0.15) is 82.3 Å². The van der Waals surface area contributed by atoms with Crippen LogP contribution in [0.5, 0.6) is 5.88 Å². The van der Waals surface area contributed by atoms with E-state index in [-0.39, 0.29) is 52.4 Å². The molecular weight excluding hydrogens is 618 g/mol. The van der Waals surface area contributed by atoms with Crippen molar-refractivity contribution in [1.82, 2.24) is 20.2 Å². The Morgan fingerprint density at radius 3 is 2.40 bits per heavy atom. The first-order chi connectivity index (χ1) is 21.9. The van der Waals surface area contributed by atoms with E-state index >= 15 is 0 Å². The molecule has 0 saturated heterocycles. The maximum absolute atomic E-state index is 14.4. The van der Waals surface area contributed by atoms with Crippen molar-refractivity contribution in [2.24, 2.45) is 5.41 Å². The van der Waals surface area contributed by atoms with Gasteiger partial charge in [0.15, 0.2) is 0 Å². The third kappa shape index (κ3) is 7.86. The zero-order valence-electron chi connectivity index (χ0n) is 28.4. The Morgan fingerprint density at radius 1 is 1.11 bits per heavy atom. The molecule has 4 bridgehead atoms. The number of nitrogens with one attached hydrogen (secondary N) is 2. The molecule has 5 rings (SSSR count). The Balaban J connectivity index is 1.60. The van der Waals surface area contributed by atoms with Gasteiger partial charge in [-0.3, -0.25) is 4.79 Å². The summed E-state index contributed by atoms with van der Waals surface area (Å²) in [6, 6.07) is 12.9. The molecule has 2 aliphatic rings. The number of ether oxygens (including phenoxy) is 2. The molecule has 0 unspecified atom stereocenters. The number of carbonyl (C=O) groups excluding carboxylic acids is 2. The average Bonchev–Trinajstić information content (AvgIpc) is 2.93. The van der Waals surface area contributed by atoms with Gasteiger partial charge in [-0.05, 0) is 88.6 Å². The zero-order chi connectivity index (χ0) is 34.3.